The minimum Gasteiger partial charge on any atom is -0.394 e. The van der Waals surface area contributed by atoms with E-state index in [1.54, 1.807) is 0 Å². The normalized spacial score (nSPS) is 23.4. The summed E-state index contributed by atoms with van der Waals surface area (Å²) in [4.78, 5) is 4.93. The van der Waals surface area contributed by atoms with Crippen molar-refractivity contribution in [2.45, 2.75) is 57.5 Å². The summed E-state index contributed by atoms with van der Waals surface area (Å²) in [5, 5.41) is 13.0. The van der Waals surface area contributed by atoms with Gasteiger partial charge in [0.15, 0.2) is 0 Å². The molecule has 4 nitrogen and oxygen atoms in total. The Kier molecular flexibility index (Phi) is 8.03. The molecule has 0 saturated carbocycles. The number of aliphatic hydroxyl groups excluding tert-OH is 1. The summed E-state index contributed by atoms with van der Waals surface area (Å²) >= 11 is 0. The van der Waals surface area contributed by atoms with E-state index in [0.29, 0.717) is 0 Å². The van der Waals surface area contributed by atoms with Crippen LogP contribution in [0.4, 0.5) is 0 Å². The number of hydrogen-bond donors (Lipinski definition) is 2. The van der Waals surface area contributed by atoms with E-state index in [-0.39, 0.29) is 12.1 Å². The molecule has 0 bridgehead atoms. The predicted molar refractivity (Wildman–Crippen MR) is 86.2 cm³/mol. The van der Waals surface area contributed by atoms with Gasteiger partial charge in [0.25, 0.3) is 0 Å². The van der Waals surface area contributed by atoms with Gasteiger partial charge in [0, 0.05) is 18.1 Å². The van der Waals surface area contributed by atoms with E-state index in [4.69, 9.17) is 0 Å². The molecule has 2 unspecified atom stereocenters. The summed E-state index contributed by atoms with van der Waals surface area (Å²) in [5.41, 5.74) is -0.110. The van der Waals surface area contributed by atoms with Gasteiger partial charge < -0.3 is 20.2 Å². The Morgan fingerprint density at radius 2 is 2.20 bits per heavy atom. The van der Waals surface area contributed by atoms with Gasteiger partial charge in [-0.2, -0.15) is 0 Å². The van der Waals surface area contributed by atoms with E-state index in [0.717, 1.165) is 38.4 Å². The molecule has 0 aromatic rings. The number of nitrogens with zero attached hydrogens (tertiary/aromatic N) is 2. The third-order valence-corrected chi connectivity index (χ3v) is 4.61. The van der Waals surface area contributed by atoms with Crippen molar-refractivity contribution in [2.75, 3.05) is 46.9 Å². The van der Waals surface area contributed by atoms with Gasteiger partial charge in [0.1, 0.15) is 0 Å². The second-order valence-electron chi connectivity index (χ2n) is 6.79. The van der Waals surface area contributed by atoms with Crippen molar-refractivity contribution in [2.24, 2.45) is 0 Å². The lowest BCUT2D eigenvalue weighted by Crippen LogP contribution is -2.46. The lowest BCUT2D eigenvalue weighted by atomic mass is 9.96. The van der Waals surface area contributed by atoms with Crippen molar-refractivity contribution >= 4 is 0 Å². The van der Waals surface area contributed by atoms with Gasteiger partial charge in [-0.3, -0.25) is 0 Å². The van der Waals surface area contributed by atoms with Crippen LogP contribution >= 0.6 is 0 Å². The first-order chi connectivity index (χ1) is 9.50. The SMILES string of the molecule is CCCNC(C)(CO)CCCN(C)CC1CCCN1C. The second kappa shape index (κ2) is 8.98. The van der Waals surface area contributed by atoms with Crippen molar-refractivity contribution in [1.29, 1.82) is 0 Å². The van der Waals surface area contributed by atoms with Crippen molar-refractivity contribution in [3.63, 3.8) is 0 Å². The zero-order chi connectivity index (χ0) is 15.0. The monoisotopic (exact) mass is 285 g/mol. The van der Waals surface area contributed by atoms with Crippen LogP contribution in [-0.4, -0.2) is 73.4 Å². The van der Waals surface area contributed by atoms with Crippen molar-refractivity contribution in [3.8, 4) is 0 Å². The van der Waals surface area contributed by atoms with Crippen LogP contribution in [0.5, 0.6) is 0 Å². The highest BCUT2D eigenvalue weighted by Gasteiger charge is 2.24. The Hall–Kier alpha value is -0.160. The molecule has 2 atom stereocenters. The van der Waals surface area contributed by atoms with Gasteiger partial charge in [-0.05, 0) is 72.8 Å². The van der Waals surface area contributed by atoms with Gasteiger partial charge in [0.05, 0.1) is 6.61 Å². The summed E-state index contributed by atoms with van der Waals surface area (Å²) < 4.78 is 0. The number of likely N-dealkylation sites (N-methyl/N-ethyl adjacent to an activating group) is 2. The topological polar surface area (TPSA) is 38.7 Å². The number of rotatable bonds is 10. The number of likely N-dealkylation sites (tertiary alicyclic amines) is 1. The van der Waals surface area contributed by atoms with Crippen LogP contribution in [0.3, 0.4) is 0 Å². The van der Waals surface area contributed by atoms with Crippen LogP contribution in [0.1, 0.15) is 46.0 Å². The Balaban J connectivity index is 2.21. The van der Waals surface area contributed by atoms with Crippen molar-refractivity contribution < 1.29 is 5.11 Å². The van der Waals surface area contributed by atoms with Crippen LogP contribution in [-0.2, 0) is 0 Å². The maximum Gasteiger partial charge on any atom is 0.0610 e. The van der Waals surface area contributed by atoms with E-state index >= 15 is 0 Å². The van der Waals surface area contributed by atoms with Crippen LogP contribution in [0, 0.1) is 0 Å². The average molecular weight is 285 g/mol. The molecule has 1 rings (SSSR count). The first kappa shape index (κ1) is 17.9. The first-order valence-electron chi connectivity index (χ1n) is 8.25. The molecule has 2 N–H and O–H groups in total. The fraction of sp³-hybridized carbons (Fsp3) is 1.00. The average Bonchev–Trinajstić information content (AvgIpc) is 2.82. The molecule has 0 amide bonds. The van der Waals surface area contributed by atoms with E-state index in [9.17, 15) is 5.11 Å². The smallest absolute Gasteiger partial charge is 0.0610 e. The predicted octanol–water partition coefficient (Wildman–Crippen LogP) is 1.54. The van der Waals surface area contributed by atoms with Gasteiger partial charge >= 0.3 is 0 Å². The summed E-state index contributed by atoms with van der Waals surface area (Å²) in [6.07, 6.45) is 5.98. The lowest BCUT2D eigenvalue weighted by Gasteiger charge is -2.30. The molecule has 1 saturated heterocycles. The summed E-state index contributed by atoms with van der Waals surface area (Å²) in [6.45, 7) is 9.05. The molecule has 120 valence electrons. The van der Waals surface area contributed by atoms with E-state index in [2.05, 4.69) is 43.1 Å². The maximum absolute atomic E-state index is 9.56. The maximum atomic E-state index is 9.56. The molecule has 0 radical (unpaired) electrons. The standard InChI is InChI=1S/C16H35N3O/c1-5-10-17-16(2,14-20)9-7-11-18(3)13-15-8-6-12-19(15)4/h15,17,20H,5-14H2,1-4H3. The fourth-order valence-electron chi connectivity index (χ4n) is 3.05. The molecule has 20 heavy (non-hydrogen) atoms. The first-order valence-corrected chi connectivity index (χ1v) is 8.25. The lowest BCUT2D eigenvalue weighted by molar-refractivity contribution is 0.155. The Bertz CT molecular complexity index is 262. The third kappa shape index (κ3) is 6.08. The van der Waals surface area contributed by atoms with Crippen molar-refractivity contribution in [1.82, 2.24) is 15.1 Å². The summed E-state index contributed by atoms with van der Waals surface area (Å²) in [7, 11) is 4.46. The molecule has 1 heterocycles. The highest BCUT2D eigenvalue weighted by atomic mass is 16.3. The van der Waals surface area contributed by atoms with Gasteiger partial charge in [-0.25, -0.2) is 0 Å². The summed E-state index contributed by atoms with van der Waals surface area (Å²) in [5.74, 6) is 0. The summed E-state index contributed by atoms with van der Waals surface area (Å²) in [6, 6.07) is 0.738. The van der Waals surface area contributed by atoms with Crippen LogP contribution in [0.2, 0.25) is 0 Å². The Morgan fingerprint density at radius 3 is 2.75 bits per heavy atom. The molecule has 1 fully saturated rings. The number of hydrogen-bond acceptors (Lipinski definition) is 4. The number of nitrogens with one attached hydrogen (secondary N) is 1. The number of aliphatic hydroxyl groups is 1. The highest BCUT2D eigenvalue weighted by molar-refractivity contribution is 4.83. The zero-order valence-electron chi connectivity index (χ0n) is 14.0. The van der Waals surface area contributed by atoms with Gasteiger partial charge in [0.2, 0.25) is 0 Å². The molecule has 0 aromatic heterocycles. The van der Waals surface area contributed by atoms with Crippen molar-refractivity contribution in [3.05, 3.63) is 0 Å². The molecule has 1 aliphatic heterocycles. The minimum absolute atomic E-state index is 0.110. The molecule has 1 aliphatic rings. The molecular formula is C16H35N3O. The van der Waals surface area contributed by atoms with Gasteiger partial charge in [-0.1, -0.05) is 6.92 Å². The van der Waals surface area contributed by atoms with Crippen LogP contribution < -0.4 is 5.32 Å². The minimum atomic E-state index is -0.110. The quantitative estimate of drug-likeness (QED) is 0.639. The highest BCUT2D eigenvalue weighted by Crippen LogP contribution is 2.16. The molecule has 0 spiro atoms. The molecule has 0 aromatic carbocycles. The van der Waals surface area contributed by atoms with Crippen LogP contribution in [0.15, 0.2) is 0 Å². The van der Waals surface area contributed by atoms with E-state index in [1.165, 1.54) is 25.9 Å². The van der Waals surface area contributed by atoms with Crippen LogP contribution in [0.25, 0.3) is 0 Å². The second-order valence-corrected chi connectivity index (χ2v) is 6.79. The van der Waals surface area contributed by atoms with E-state index < -0.39 is 0 Å². The van der Waals surface area contributed by atoms with Gasteiger partial charge in [-0.15, -0.1) is 0 Å². The largest absolute Gasteiger partial charge is 0.394 e. The molecule has 4 heteroatoms. The Labute approximate surface area is 125 Å². The fourth-order valence-corrected chi connectivity index (χ4v) is 3.05. The zero-order valence-corrected chi connectivity index (χ0v) is 14.0. The van der Waals surface area contributed by atoms with E-state index in [1.807, 2.05) is 0 Å². The molecular weight excluding hydrogens is 250 g/mol. The Morgan fingerprint density at radius 1 is 1.45 bits per heavy atom. The third-order valence-electron chi connectivity index (χ3n) is 4.61. The molecule has 0 aliphatic carbocycles.